The van der Waals surface area contributed by atoms with Crippen LogP contribution >= 0.6 is 0 Å². The Balaban J connectivity index is 1.76. The maximum absolute atomic E-state index is 13.3. The third-order valence-electron chi connectivity index (χ3n) is 5.66. The van der Waals surface area contributed by atoms with E-state index in [2.05, 4.69) is 5.32 Å². The van der Waals surface area contributed by atoms with Crippen LogP contribution in [-0.2, 0) is 11.3 Å². The van der Waals surface area contributed by atoms with Crippen LogP contribution in [0.3, 0.4) is 0 Å². The van der Waals surface area contributed by atoms with Gasteiger partial charge in [-0.15, -0.1) is 0 Å². The first-order chi connectivity index (χ1) is 15.0. The van der Waals surface area contributed by atoms with E-state index in [0.29, 0.717) is 11.1 Å². The molecule has 0 aromatic heterocycles. The van der Waals surface area contributed by atoms with Gasteiger partial charge in [-0.1, -0.05) is 49.6 Å². The van der Waals surface area contributed by atoms with Gasteiger partial charge in [-0.25, -0.2) is 5.48 Å². The molecule has 0 aliphatic heterocycles. The van der Waals surface area contributed by atoms with E-state index in [4.69, 9.17) is 5.21 Å². The molecule has 0 atom stereocenters. The van der Waals surface area contributed by atoms with E-state index in [1.807, 2.05) is 25.1 Å². The van der Waals surface area contributed by atoms with Crippen molar-refractivity contribution in [1.29, 1.82) is 0 Å². The van der Waals surface area contributed by atoms with Gasteiger partial charge < -0.3 is 10.2 Å². The first kappa shape index (κ1) is 22.5. The Morgan fingerprint density at radius 2 is 1.68 bits per heavy atom. The first-order valence-electron chi connectivity index (χ1n) is 10.7. The standard InChI is InChI=1S/C24H29N3O4/c1-17-7-5-6-10-21(17)24(30)27(16-22(28)25-20-8-3-2-4-9-20)15-18-11-13-19(14-12-18)23(29)26-31/h5-7,10-14,20,31H,2-4,8-9,15-16H2,1H3,(H,25,28)(H,26,29). The van der Waals surface area contributed by atoms with Crippen molar-refractivity contribution in [2.75, 3.05) is 6.54 Å². The maximum Gasteiger partial charge on any atom is 0.274 e. The van der Waals surface area contributed by atoms with Crippen molar-refractivity contribution in [3.63, 3.8) is 0 Å². The zero-order valence-electron chi connectivity index (χ0n) is 17.8. The Hall–Kier alpha value is -3.19. The van der Waals surface area contributed by atoms with Crippen LogP contribution in [0.15, 0.2) is 48.5 Å². The van der Waals surface area contributed by atoms with Gasteiger partial charge in [0.25, 0.3) is 11.8 Å². The monoisotopic (exact) mass is 423 g/mol. The second-order valence-electron chi connectivity index (χ2n) is 8.02. The third kappa shape index (κ3) is 6.15. The number of carbonyl (C=O) groups excluding carboxylic acids is 3. The van der Waals surface area contributed by atoms with E-state index in [9.17, 15) is 14.4 Å². The van der Waals surface area contributed by atoms with E-state index >= 15 is 0 Å². The number of aryl methyl sites for hydroxylation is 1. The summed E-state index contributed by atoms with van der Waals surface area (Å²) in [5.74, 6) is -0.981. The highest BCUT2D eigenvalue weighted by atomic mass is 16.5. The minimum atomic E-state index is -0.605. The molecule has 1 saturated carbocycles. The molecule has 1 fully saturated rings. The number of benzene rings is 2. The summed E-state index contributed by atoms with van der Waals surface area (Å²) in [6, 6.07) is 14.0. The molecule has 3 rings (SSSR count). The van der Waals surface area contributed by atoms with Gasteiger partial charge in [0.15, 0.2) is 0 Å². The average molecular weight is 424 g/mol. The highest BCUT2D eigenvalue weighted by molar-refractivity contribution is 5.97. The summed E-state index contributed by atoms with van der Waals surface area (Å²) < 4.78 is 0. The summed E-state index contributed by atoms with van der Waals surface area (Å²) in [5.41, 5.74) is 4.09. The number of carbonyl (C=O) groups is 3. The predicted octanol–water partition coefficient (Wildman–Crippen LogP) is 3.21. The Labute approximate surface area is 182 Å². The van der Waals surface area contributed by atoms with Crippen LogP contribution in [0.1, 0.15) is 63.9 Å². The molecule has 0 saturated heterocycles. The minimum absolute atomic E-state index is 0.0391. The van der Waals surface area contributed by atoms with Crippen molar-refractivity contribution in [2.24, 2.45) is 0 Å². The number of hydrogen-bond donors (Lipinski definition) is 3. The smallest absolute Gasteiger partial charge is 0.274 e. The molecular formula is C24H29N3O4. The molecule has 3 amide bonds. The normalized spacial score (nSPS) is 14.0. The van der Waals surface area contributed by atoms with E-state index in [1.54, 1.807) is 35.8 Å². The third-order valence-corrected chi connectivity index (χ3v) is 5.66. The van der Waals surface area contributed by atoms with Crippen molar-refractivity contribution in [2.45, 2.75) is 51.6 Å². The first-order valence-corrected chi connectivity index (χ1v) is 10.7. The summed E-state index contributed by atoms with van der Waals surface area (Å²) in [6.07, 6.45) is 5.39. The van der Waals surface area contributed by atoms with Gasteiger partial charge >= 0.3 is 0 Å². The lowest BCUT2D eigenvalue weighted by atomic mass is 9.95. The molecule has 7 nitrogen and oxygen atoms in total. The molecule has 31 heavy (non-hydrogen) atoms. The van der Waals surface area contributed by atoms with Gasteiger partial charge in [0.1, 0.15) is 6.54 Å². The predicted molar refractivity (Wildman–Crippen MR) is 117 cm³/mol. The molecule has 0 spiro atoms. The van der Waals surface area contributed by atoms with Gasteiger partial charge in [-0.3, -0.25) is 19.6 Å². The van der Waals surface area contributed by atoms with Crippen molar-refractivity contribution >= 4 is 17.7 Å². The lowest BCUT2D eigenvalue weighted by Gasteiger charge is -2.27. The Bertz CT molecular complexity index is 921. The van der Waals surface area contributed by atoms with Gasteiger partial charge in [-0.05, 0) is 49.1 Å². The summed E-state index contributed by atoms with van der Waals surface area (Å²) in [6.45, 7) is 2.06. The number of hydroxylamine groups is 1. The topological polar surface area (TPSA) is 98.7 Å². The van der Waals surface area contributed by atoms with Crippen LogP contribution in [0.5, 0.6) is 0 Å². The quantitative estimate of drug-likeness (QED) is 0.470. The lowest BCUT2D eigenvalue weighted by molar-refractivity contribution is -0.122. The fourth-order valence-electron chi connectivity index (χ4n) is 3.92. The largest absolute Gasteiger partial charge is 0.352 e. The SMILES string of the molecule is Cc1ccccc1C(=O)N(CC(=O)NC1CCCCC1)Cc1ccc(C(=O)NO)cc1. The molecule has 2 aromatic rings. The van der Waals surface area contributed by atoms with Crippen LogP contribution in [0.2, 0.25) is 0 Å². The van der Waals surface area contributed by atoms with Crippen LogP contribution in [0, 0.1) is 6.92 Å². The molecule has 3 N–H and O–H groups in total. The second kappa shape index (κ2) is 10.7. The van der Waals surface area contributed by atoms with Gasteiger partial charge in [-0.2, -0.15) is 0 Å². The lowest BCUT2D eigenvalue weighted by Crippen LogP contribution is -2.44. The molecule has 0 unspecified atom stereocenters. The van der Waals surface area contributed by atoms with E-state index < -0.39 is 5.91 Å². The highest BCUT2D eigenvalue weighted by Gasteiger charge is 2.23. The number of rotatable bonds is 7. The summed E-state index contributed by atoms with van der Waals surface area (Å²) in [7, 11) is 0. The molecule has 164 valence electrons. The minimum Gasteiger partial charge on any atom is -0.352 e. The zero-order valence-corrected chi connectivity index (χ0v) is 17.8. The highest BCUT2D eigenvalue weighted by Crippen LogP contribution is 2.18. The zero-order chi connectivity index (χ0) is 22.2. The molecule has 0 bridgehead atoms. The van der Waals surface area contributed by atoms with Crippen LogP contribution in [0.4, 0.5) is 0 Å². The number of nitrogens with one attached hydrogen (secondary N) is 2. The molecule has 1 aliphatic carbocycles. The molecule has 7 heteroatoms. The van der Waals surface area contributed by atoms with Crippen molar-refractivity contribution in [1.82, 2.24) is 15.7 Å². The summed E-state index contributed by atoms with van der Waals surface area (Å²) in [4.78, 5) is 39.1. The van der Waals surface area contributed by atoms with Crippen molar-refractivity contribution < 1.29 is 19.6 Å². The van der Waals surface area contributed by atoms with E-state index in [-0.39, 0.29) is 30.9 Å². The van der Waals surface area contributed by atoms with Crippen molar-refractivity contribution in [3.8, 4) is 0 Å². The fourth-order valence-corrected chi connectivity index (χ4v) is 3.92. The Morgan fingerprint density at radius 1 is 1.00 bits per heavy atom. The van der Waals surface area contributed by atoms with Crippen LogP contribution in [0.25, 0.3) is 0 Å². The van der Waals surface area contributed by atoms with E-state index in [0.717, 1.165) is 36.8 Å². The number of hydrogen-bond acceptors (Lipinski definition) is 4. The molecule has 2 aromatic carbocycles. The summed E-state index contributed by atoms with van der Waals surface area (Å²) >= 11 is 0. The molecule has 1 aliphatic rings. The fraction of sp³-hybridized carbons (Fsp3) is 0.375. The second-order valence-corrected chi connectivity index (χ2v) is 8.02. The molecule has 0 radical (unpaired) electrons. The van der Waals surface area contributed by atoms with Gasteiger partial charge in [0.05, 0.1) is 0 Å². The molecule has 0 heterocycles. The van der Waals surface area contributed by atoms with Crippen LogP contribution in [-0.4, -0.2) is 40.4 Å². The van der Waals surface area contributed by atoms with Crippen molar-refractivity contribution in [3.05, 3.63) is 70.8 Å². The maximum atomic E-state index is 13.3. The molecular weight excluding hydrogens is 394 g/mol. The van der Waals surface area contributed by atoms with E-state index in [1.165, 1.54) is 11.3 Å². The number of nitrogens with zero attached hydrogens (tertiary/aromatic N) is 1. The average Bonchev–Trinajstić information content (AvgIpc) is 2.79. The Kier molecular flexibility index (Phi) is 7.78. The van der Waals surface area contributed by atoms with Crippen LogP contribution < -0.4 is 10.8 Å². The van der Waals surface area contributed by atoms with Gasteiger partial charge in [0.2, 0.25) is 5.91 Å². The summed E-state index contributed by atoms with van der Waals surface area (Å²) in [5, 5.41) is 11.8. The Morgan fingerprint density at radius 3 is 2.32 bits per heavy atom. The van der Waals surface area contributed by atoms with Gasteiger partial charge in [0, 0.05) is 23.7 Å². The number of amides is 3.